The van der Waals surface area contributed by atoms with Gasteiger partial charge in [0.1, 0.15) is 0 Å². The van der Waals surface area contributed by atoms with Crippen LogP contribution in [0.25, 0.3) is 0 Å². The Bertz CT molecular complexity index is 176. The lowest BCUT2D eigenvalue weighted by Gasteiger charge is -2.09. The number of allylic oxidation sites excluding steroid dienone is 1. The maximum absolute atomic E-state index is 10.6. The minimum absolute atomic E-state index is 0.135. The number of rotatable bonds is 1. The molecule has 0 bridgehead atoms. The molecule has 0 aliphatic carbocycles. The van der Waals surface area contributed by atoms with E-state index < -0.39 is 0 Å². The fourth-order valence-electron chi connectivity index (χ4n) is 0.833. The Balaban J connectivity index is 2.62. The summed E-state index contributed by atoms with van der Waals surface area (Å²) in [6, 6.07) is 0. The number of hydrogen-bond donors (Lipinski definition) is 0. The molecule has 1 aliphatic heterocycles. The Morgan fingerprint density at radius 1 is 1.80 bits per heavy atom. The predicted molar refractivity (Wildman–Crippen MR) is 43.9 cm³/mol. The standard InChI is InChI=1S/C7H11NOS/c1-6(9)5-7-8(2)3-4-10-7/h5H,3-4H2,1-2H3/b7-5-. The van der Waals surface area contributed by atoms with E-state index in [0.717, 1.165) is 17.3 Å². The van der Waals surface area contributed by atoms with E-state index in [-0.39, 0.29) is 5.78 Å². The molecular formula is C7H11NOS. The lowest BCUT2D eigenvalue weighted by molar-refractivity contribution is -0.112. The highest BCUT2D eigenvalue weighted by molar-refractivity contribution is 8.03. The fraction of sp³-hybridized carbons (Fsp3) is 0.571. The average molecular weight is 157 g/mol. The van der Waals surface area contributed by atoms with Crippen LogP contribution >= 0.6 is 11.8 Å². The summed E-state index contributed by atoms with van der Waals surface area (Å²) in [4.78, 5) is 12.7. The first kappa shape index (κ1) is 7.66. The first-order valence-corrected chi connectivity index (χ1v) is 4.25. The van der Waals surface area contributed by atoms with Crippen LogP contribution in [0.3, 0.4) is 0 Å². The summed E-state index contributed by atoms with van der Waals surface area (Å²) in [7, 11) is 2.01. The van der Waals surface area contributed by atoms with E-state index in [2.05, 4.69) is 4.90 Å². The molecule has 56 valence electrons. The number of thioether (sulfide) groups is 1. The third kappa shape index (κ3) is 1.77. The molecule has 1 heterocycles. The largest absolute Gasteiger partial charge is 0.368 e. The third-order valence-electron chi connectivity index (χ3n) is 1.38. The van der Waals surface area contributed by atoms with Gasteiger partial charge >= 0.3 is 0 Å². The topological polar surface area (TPSA) is 20.3 Å². The van der Waals surface area contributed by atoms with Crippen LogP contribution in [-0.4, -0.2) is 30.0 Å². The number of carbonyl (C=O) groups excluding carboxylic acids is 1. The van der Waals surface area contributed by atoms with Gasteiger partial charge in [-0.15, -0.1) is 11.8 Å². The molecule has 1 fully saturated rings. The fourth-order valence-corrected chi connectivity index (χ4v) is 1.97. The Morgan fingerprint density at radius 3 is 2.90 bits per heavy atom. The zero-order valence-corrected chi connectivity index (χ0v) is 7.07. The zero-order chi connectivity index (χ0) is 7.56. The summed E-state index contributed by atoms with van der Waals surface area (Å²) in [6.07, 6.45) is 1.69. The molecule has 0 amide bonds. The molecule has 0 aromatic heterocycles. The van der Waals surface area contributed by atoms with Gasteiger partial charge in [-0.3, -0.25) is 4.79 Å². The van der Waals surface area contributed by atoms with Gasteiger partial charge in [-0.25, -0.2) is 0 Å². The molecule has 0 unspecified atom stereocenters. The van der Waals surface area contributed by atoms with Gasteiger partial charge in [0, 0.05) is 25.4 Å². The number of ketones is 1. The van der Waals surface area contributed by atoms with Crippen LogP contribution in [0, 0.1) is 0 Å². The van der Waals surface area contributed by atoms with Gasteiger partial charge in [0.2, 0.25) is 0 Å². The van der Waals surface area contributed by atoms with E-state index in [9.17, 15) is 4.79 Å². The molecule has 0 N–H and O–H groups in total. The molecule has 10 heavy (non-hydrogen) atoms. The van der Waals surface area contributed by atoms with Gasteiger partial charge in [-0.2, -0.15) is 0 Å². The minimum Gasteiger partial charge on any atom is -0.368 e. The summed E-state index contributed by atoms with van der Waals surface area (Å²) < 4.78 is 0. The second-order valence-electron chi connectivity index (χ2n) is 2.36. The molecule has 1 rings (SSSR count). The van der Waals surface area contributed by atoms with Crippen LogP contribution in [0.4, 0.5) is 0 Å². The van der Waals surface area contributed by atoms with Crippen molar-refractivity contribution in [2.75, 3.05) is 19.3 Å². The van der Waals surface area contributed by atoms with Gasteiger partial charge in [0.25, 0.3) is 0 Å². The smallest absolute Gasteiger partial charge is 0.155 e. The first-order valence-electron chi connectivity index (χ1n) is 3.26. The SMILES string of the molecule is CC(=O)/C=C1\SCCN1C. The maximum atomic E-state index is 10.6. The van der Waals surface area contributed by atoms with Crippen molar-refractivity contribution in [1.29, 1.82) is 0 Å². The van der Waals surface area contributed by atoms with E-state index >= 15 is 0 Å². The highest BCUT2D eigenvalue weighted by atomic mass is 32.2. The van der Waals surface area contributed by atoms with Crippen molar-refractivity contribution in [3.8, 4) is 0 Å². The minimum atomic E-state index is 0.135. The molecule has 0 atom stereocenters. The molecule has 1 saturated heterocycles. The molecular weight excluding hydrogens is 146 g/mol. The van der Waals surface area contributed by atoms with E-state index in [1.54, 1.807) is 24.8 Å². The van der Waals surface area contributed by atoms with Crippen molar-refractivity contribution < 1.29 is 4.79 Å². The molecule has 0 aromatic rings. The lowest BCUT2D eigenvalue weighted by Crippen LogP contribution is -2.11. The molecule has 0 radical (unpaired) electrons. The summed E-state index contributed by atoms with van der Waals surface area (Å²) >= 11 is 1.74. The summed E-state index contributed by atoms with van der Waals surface area (Å²) in [5, 5.41) is 1.10. The van der Waals surface area contributed by atoms with Crippen molar-refractivity contribution in [3.63, 3.8) is 0 Å². The van der Waals surface area contributed by atoms with Crippen molar-refractivity contribution in [2.24, 2.45) is 0 Å². The molecule has 2 nitrogen and oxygen atoms in total. The molecule has 1 aliphatic rings. The van der Waals surface area contributed by atoms with Gasteiger partial charge in [-0.05, 0) is 6.92 Å². The molecule has 0 saturated carbocycles. The van der Waals surface area contributed by atoms with E-state index in [0.29, 0.717) is 0 Å². The summed E-state index contributed by atoms with van der Waals surface area (Å²) in [5.41, 5.74) is 0. The van der Waals surface area contributed by atoms with Gasteiger partial charge in [0.05, 0.1) is 5.03 Å². The predicted octanol–water partition coefficient (Wildman–Crippen LogP) is 1.10. The van der Waals surface area contributed by atoms with Gasteiger partial charge < -0.3 is 4.90 Å². The maximum Gasteiger partial charge on any atom is 0.155 e. The van der Waals surface area contributed by atoms with Crippen LogP contribution < -0.4 is 0 Å². The zero-order valence-electron chi connectivity index (χ0n) is 6.26. The number of nitrogens with zero attached hydrogens (tertiary/aromatic N) is 1. The lowest BCUT2D eigenvalue weighted by atomic mass is 10.4. The molecule has 0 aromatic carbocycles. The van der Waals surface area contributed by atoms with E-state index in [4.69, 9.17) is 0 Å². The monoisotopic (exact) mass is 157 g/mol. The summed E-state index contributed by atoms with van der Waals surface area (Å²) in [6.45, 7) is 2.64. The van der Waals surface area contributed by atoms with Crippen molar-refractivity contribution >= 4 is 17.5 Å². The van der Waals surface area contributed by atoms with E-state index in [1.807, 2.05) is 7.05 Å². The molecule has 3 heteroatoms. The third-order valence-corrected chi connectivity index (χ3v) is 2.49. The second-order valence-corrected chi connectivity index (χ2v) is 3.48. The van der Waals surface area contributed by atoms with Crippen LogP contribution in [0.1, 0.15) is 6.92 Å². The first-order chi connectivity index (χ1) is 4.70. The van der Waals surface area contributed by atoms with Crippen molar-refractivity contribution in [2.45, 2.75) is 6.92 Å². The Morgan fingerprint density at radius 2 is 2.50 bits per heavy atom. The van der Waals surface area contributed by atoms with Crippen LogP contribution in [0.2, 0.25) is 0 Å². The van der Waals surface area contributed by atoms with Crippen LogP contribution in [-0.2, 0) is 4.79 Å². The average Bonchev–Trinajstić information content (AvgIpc) is 2.15. The van der Waals surface area contributed by atoms with Gasteiger partial charge in [-0.1, -0.05) is 0 Å². The highest BCUT2D eigenvalue weighted by Crippen LogP contribution is 2.25. The van der Waals surface area contributed by atoms with Gasteiger partial charge in [0.15, 0.2) is 5.78 Å². The molecule has 0 spiro atoms. The second kappa shape index (κ2) is 3.10. The Kier molecular flexibility index (Phi) is 2.38. The van der Waals surface area contributed by atoms with Crippen molar-refractivity contribution in [1.82, 2.24) is 4.90 Å². The Labute approximate surface area is 65.3 Å². The number of hydrogen-bond acceptors (Lipinski definition) is 3. The normalized spacial score (nSPS) is 22.2. The summed E-state index contributed by atoms with van der Waals surface area (Å²) in [5.74, 6) is 1.24. The van der Waals surface area contributed by atoms with E-state index in [1.165, 1.54) is 0 Å². The van der Waals surface area contributed by atoms with Crippen molar-refractivity contribution in [3.05, 3.63) is 11.1 Å². The Hall–Kier alpha value is -0.440. The van der Waals surface area contributed by atoms with Crippen LogP contribution in [0.5, 0.6) is 0 Å². The van der Waals surface area contributed by atoms with Crippen LogP contribution in [0.15, 0.2) is 11.1 Å². The highest BCUT2D eigenvalue weighted by Gasteiger charge is 2.12. The quantitative estimate of drug-likeness (QED) is 0.531. The number of carbonyl (C=O) groups is 1.